The average molecular weight is 275 g/mol. The fraction of sp³-hybridized carbons (Fsp3) is 0.467. The Labute approximate surface area is 119 Å². The minimum absolute atomic E-state index is 0.201. The van der Waals surface area contributed by atoms with Crippen LogP contribution in [-0.2, 0) is 0 Å². The van der Waals surface area contributed by atoms with Gasteiger partial charge in [-0.1, -0.05) is 0 Å². The monoisotopic (exact) mass is 275 g/mol. The fourth-order valence-corrected chi connectivity index (χ4v) is 1.99. The first kappa shape index (κ1) is 15.8. The van der Waals surface area contributed by atoms with Gasteiger partial charge in [-0.2, -0.15) is 5.26 Å². The highest BCUT2D eigenvalue weighted by Crippen LogP contribution is 2.25. The first-order valence-electron chi connectivity index (χ1n) is 6.52. The van der Waals surface area contributed by atoms with Crippen molar-refractivity contribution in [2.24, 2.45) is 5.41 Å². The molecule has 0 atom stereocenters. The summed E-state index contributed by atoms with van der Waals surface area (Å²) < 4.78 is 0. The van der Waals surface area contributed by atoms with Crippen molar-refractivity contribution in [3.05, 3.63) is 23.8 Å². The third-order valence-electron chi connectivity index (χ3n) is 3.26. The normalized spacial score (nSPS) is 10.9. The first-order chi connectivity index (χ1) is 9.26. The van der Waals surface area contributed by atoms with Gasteiger partial charge in [0, 0.05) is 19.3 Å². The predicted octanol–water partition coefficient (Wildman–Crippen LogP) is 2.73. The Balaban J connectivity index is 2.76. The number of nitrogen functional groups attached to an aromatic ring is 1. The van der Waals surface area contributed by atoms with Crippen LogP contribution in [0.15, 0.2) is 18.2 Å². The lowest BCUT2D eigenvalue weighted by Crippen LogP contribution is -2.22. The number of hydrogen-bond donors (Lipinski definition) is 2. The Bertz CT molecular complexity index is 532. The van der Waals surface area contributed by atoms with Crippen LogP contribution in [0.5, 0.6) is 0 Å². The molecule has 5 nitrogen and oxygen atoms in total. The molecule has 0 bridgehead atoms. The lowest BCUT2D eigenvalue weighted by atomic mass is 9.90. The smallest absolute Gasteiger partial charge is 0.337 e. The Morgan fingerprint density at radius 2 is 2.15 bits per heavy atom. The summed E-state index contributed by atoms with van der Waals surface area (Å²) in [6.07, 6.45) is 1.59. The average Bonchev–Trinajstić information content (AvgIpc) is 2.38. The predicted molar refractivity (Wildman–Crippen MR) is 79.7 cm³/mol. The van der Waals surface area contributed by atoms with Crippen LogP contribution in [0.1, 0.15) is 37.0 Å². The van der Waals surface area contributed by atoms with Crippen molar-refractivity contribution in [2.75, 3.05) is 24.2 Å². The molecule has 0 aromatic heterocycles. The van der Waals surface area contributed by atoms with E-state index < -0.39 is 5.97 Å². The van der Waals surface area contributed by atoms with E-state index >= 15 is 0 Å². The molecule has 0 aliphatic rings. The van der Waals surface area contributed by atoms with Gasteiger partial charge < -0.3 is 15.7 Å². The van der Waals surface area contributed by atoms with Gasteiger partial charge >= 0.3 is 5.97 Å². The Morgan fingerprint density at radius 1 is 1.50 bits per heavy atom. The summed E-state index contributed by atoms with van der Waals surface area (Å²) in [5.74, 6) is -0.989. The first-order valence-corrected chi connectivity index (χ1v) is 6.52. The number of carboxylic acids is 1. The number of hydrogen-bond acceptors (Lipinski definition) is 4. The maximum atomic E-state index is 11.2. The third kappa shape index (κ3) is 4.16. The molecular weight excluding hydrogens is 254 g/mol. The zero-order valence-corrected chi connectivity index (χ0v) is 12.2. The molecule has 0 fully saturated rings. The van der Waals surface area contributed by atoms with E-state index in [-0.39, 0.29) is 11.0 Å². The highest BCUT2D eigenvalue weighted by molar-refractivity contribution is 5.95. The van der Waals surface area contributed by atoms with Gasteiger partial charge in [0.15, 0.2) is 0 Å². The van der Waals surface area contributed by atoms with Gasteiger partial charge in [-0.15, -0.1) is 0 Å². The maximum absolute atomic E-state index is 11.2. The minimum Gasteiger partial charge on any atom is -0.478 e. The standard InChI is InChI=1S/C15H21N3O2/c1-15(2,10-16)7-4-8-18(3)13-6-5-11(17)9-12(13)14(19)20/h5-6,9H,4,7-8,17H2,1-3H3,(H,19,20). The number of rotatable bonds is 6. The molecular formula is C15H21N3O2. The minimum atomic E-state index is -0.989. The molecule has 1 aromatic rings. The summed E-state index contributed by atoms with van der Waals surface area (Å²) in [6, 6.07) is 7.14. The highest BCUT2D eigenvalue weighted by atomic mass is 16.4. The lowest BCUT2D eigenvalue weighted by Gasteiger charge is -2.23. The van der Waals surface area contributed by atoms with Crippen LogP contribution in [0.25, 0.3) is 0 Å². The number of aromatic carboxylic acids is 1. The van der Waals surface area contributed by atoms with Crippen molar-refractivity contribution < 1.29 is 9.90 Å². The van der Waals surface area contributed by atoms with Crippen molar-refractivity contribution in [2.45, 2.75) is 26.7 Å². The molecule has 0 unspecified atom stereocenters. The van der Waals surface area contributed by atoms with Crippen molar-refractivity contribution in [3.63, 3.8) is 0 Å². The van der Waals surface area contributed by atoms with Crippen LogP contribution < -0.4 is 10.6 Å². The second kappa shape index (κ2) is 6.29. The Kier molecular flexibility index (Phi) is 4.98. The highest BCUT2D eigenvalue weighted by Gasteiger charge is 2.18. The molecule has 0 saturated carbocycles. The third-order valence-corrected chi connectivity index (χ3v) is 3.26. The lowest BCUT2D eigenvalue weighted by molar-refractivity contribution is 0.0697. The Hall–Kier alpha value is -2.22. The number of nitriles is 1. The van der Waals surface area contributed by atoms with Crippen molar-refractivity contribution in [1.29, 1.82) is 5.26 Å². The number of carboxylic acid groups (broad SMARTS) is 1. The van der Waals surface area contributed by atoms with E-state index in [0.29, 0.717) is 17.9 Å². The molecule has 20 heavy (non-hydrogen) atoms. The molecule has 5 heteroatoms. The van der Waals surface area contributed by atoms with Crippen LogP contribution in [0.2, 0.25) is 0 Å². The van der Waals surface area contributed by atoms with Gasteiger partial charge in [0.2, 0.25) is 0 Å². The number of carbonyl (C=O) groups is 1. The molecule has 0 aliphatic carbocycles. The van der Waals surface area contributed by atoms with Crippen LogP contribution in [0.4, 0.5) is 11.4 Å². The summed E-state index contributed by atoms with van der Waals surface area (Å²) in [5.41, 5.74) is 6.55. The molecule has 0 heterocycles. The fourth-order valence-electron chi connectivity index (χ4n) is 1.99. The van der Waals surface area contributed by atoms with Gasteiger partial charge in [0.1, 0.15) is 0 Å². The molecule has 1 rings (SSSR count). The van der Waals surface area contributed by atoms with Gasteiger partial charge in [-0.25, -0.2) is 4.79 Å². The quantitative estimate of drug-likeness (QED) is 0.779. The molecule has 108 valence electrons. The largest absolute Gasteiger partial charge is 0.478 e. The number of nitrogens with zero attached hydrogens (tertiary/aromatic N) is 2. The number of benzene rings is 1. The van der Waals surface area contributed by atoms with E-state index in [1.165, 1.54) is 6.07 Å². The van der Waals surface area contributed by atoms with E-state index in [4.69, 9.17) is 11.0 Å². The molecule has 0 radical (unpaired) electrons. The summed E-state index contributed by atoms with van der Waals surface area (Å²) in [5, 5.41) is 18.2. The van der Waals surface area contributed by atoms with Crippen LogP contribution in [0.3, 0.4) is 0 Å². The van der Waals surface area contributed by atoms with Crippen molar-refractivity contribution in [3.8, 4) is 6.07 Å². The van der Waals surface area contributed by atoms with E-state index in [9.17, 15) is 9.90 Å². The zero-order chi connectivity index (χ0) is 15.3. The zero-order valence-electron chi connectivity index (χ0n) is 12.2. The molecule has 0 spiro atoms. The van der Waals surface area contributed by atoms with Crippen LogP contribution in [-0.4, -0.2) is 24.7 Å². The Morgan fingerprint density at radius 3 is 2.70 bits per heavy atom. The summed E-state index contributed by atoms with van der Waals surface area (Å²) >= 11 is 0. The van der Waals surface area contributed by atoms with E-state index in [1.807, 2.05) is 25.8 Å². The molecule has 0 aliphatic heterocycles. The second-order valence-electron chi connectivity index (χ2n) is 5.60. The van der Waals surface area contributed by atoms with Crippen LogP contribution >= 0.6 is 0 Å². The SMILES string of the molecule is CN(CCCC(C)(C)C#N)c1ccc(N)cc1C(=O)O. The summed E-state index contributed by atoms with van der Waals surface area (Å²) in [6.45, 7) is 4.49. The van der Waals surface area contributed by atoms with E-state index in [2.05, 4.69) is 6.07 Å². The maximum Gasteiger partial charge on any atom is 0.337 e. The summed E-state index contributed by atoms with van der Waals surface area (Å²) in [4.78, 5) is 13.1. The molecule has 3 N–H and O–H groups in total. The van der Waals surface area contributed by atoms with Crippen LogP contribution in [0, 0.1) is 16.7 Å². The number of anilines is 2. The van der Waals surface area contributed by atoms with Crippen molar-refractivity contribution >= 4 is 17.3 Å². The topological polar surface area (TPSA) is 90.4 Å². The van der Waals surface area contributed by atoms with Gasteiger partial charge in [0.25, 0.3) is 0 Å². The number of nitrogens with two attached hydrogens (primary N) is 1. The second-order valence-corrected chi connectivity index (χ2v) is 5.60. The molecule has 0 saturated heterocycles. The van der Waals surface area contributed by atoms with Gasteiger partial charge in [-0.05, 0) is 44.9 Å². The molecule has 0 amide bonds. The summed E-state index contributed by atoms with van der Waals surface area (Å²) in [7, 11) is 1.84. The molecule has 1 aromatic carbocycles. The van der Waals surface area contributed by atoms with Crippen molar-refractivity contribution in [1.82, 2.24) is 0 Å². The van der Waals surface area contributed by atoms with E-state index in [0.717, 1.165) is 12.8 Å². The van der Waals surface area contributed by atoms with Gasteiger partial charge in [-0.3, -0.25) is 0 Å². The van der Waals surface area contributed by atoms with E-state index in [1.54, 1.807) is 12.1 Å². The van der Waals surface area contributed by atoms with Gasteiger partial charge in [0.05, 0.1) is 22.7 Å².